The molecule has 0 aliphatic carbocycles. The maximum atomic E-state index is 12.0. The summed E-state index contributed by atoms with van der Waals surface area (Å²) in [5.74, 6) is -0.224. The molecule has 0 radical (unpaired) electrons. The van der Waals surface area contributed by atoms with Crippen LogP contribution in [0.1, 0.15) is 11.1 Å². The SMILES string of the molecule is Cc1cc(NC(=O)CNc2cccc([N+](=O)[O-])c2C)ccc1Br. The van der Waals surface area contributed by atoms with Crippen LogP contribution >= 0.6 is 15.9 Å². The van der Waals surface area contributed by atoms with E-state index in [4.69, 9.17) is 0 Å². The number of hydrogen-bond acceptors (Lipinski definition) is 4. The number of carbonyl (C=O) groups is 1. The molecule has 23 heavy (non-hydrogen) atoms. The lowest BCUT2D eigenvalue weighted by Gasteiger charge is -2.11. The zero-order chi connectivity index (χ0) is 17.0. The summed E-state index contributed by atoms with van der Waals surface area (Å²) in [5, 5.41) is 16.6. The number of nitro benzene ring substituents is 1. The van der Waals surface area contributed by atoms with Gasteiger partial charge < -0.3 is 10.6 Å². The second-order valence-electron chi connectivity index (χ2n) is 5.07. The van der Waals surface area contributed by atoms with Gasteiger partial charge in [-0.1, -0.05) is 22.0 Å². The lowest BCUT2D eigenvalue weighted by atomic mass is 10.1. The van der Waals surface area contributed by atoms with E-state index in [0.29, 0.717) is 16.9 Å². The van der Waals surface area contributed by atoms with E-state index >= 15 is 0 Å². The molecule has 1 amide bonds. The highest BCUT2D eigenvalue weighted by molar-refractivity contribution is 9.10. The van der Waals surface area contributed by atoms with Crippen molar-refractivity contribution >= 4 is 38.9 Å². The Morgan fingerprint density at radius 3 is 2.65 bits per heavy atom. The van der Waals surface area contributed by atoms with Crippen LogP contribution in [-0.2, 0) is 4.79 Å². The zero-order valence-corrected chi connectivity index (χ0v) is 14.3. The molecule has 7 heteroatoms. The average Bonchev–Trinajstić information content (AvgIpc) is 2.49. The molecule has 0 aliphatic heterocycles. The van der Waals surface area contributed by atoms with E-state index in [1.807, 2.05) is 19.1 Å². The summed E-state index contributed by atoms with van der Waals surface area (Å²) in [5.41, 5.74) is 2.82. The molecule has 0 saturated carbocycles. The summed E-state index contributed by atoms with van der Waals surface area (Å²) in [4.78, 5) is 22.5. The summed E-state index contributed by atoms with van der Waals surface area (Å²) in [6.45, 7) is 3.61. The van der Waals surface area contributed by atoms with Gasteiger partial charge in [0.05, 0.1) is 11.5 Å². The third-order valence-corrected chi connectivity index (χ3v) is 4.27. The minimum atomic E-state index is -0.439. The van der Waals surface area contributed by atoms with E-state index in [-0.39, 0.29) is 18.1 Å². The fourth-order valence-electron chi connectivity index (χ4n) is 2.12. The molecular weight excluding hydrogens is 362 g/mol. The van der Waals surface area contributed by atoms with Crippen LogP contribution in [0.2, 0.25) is 0 Å². The van der Waals surface area contributed by atoms with Crippen LogP contribution in [0.25, 0.3) is 0 Å². The third kappa shape index (κ3) is 4.29. The Hall–Kier alpha value is -2.41. The fraction of sp³-hybridized carbons (Fsp3) is 0.188. The van der Waals surface area contributed by atoms with Gasteiger partial charge in [-0.15, -0.1) is 0 Å². The van der Waals surface area contributed by atoms with Crippen LogP contribution < -0.4 is 10.6 Å². The molecule has 0 aromatic heterocycles. The van der Waals surface area contributed by atoms with Gasteiger partial charge in [0.25, 0.3) is 5.69 Å². The fourth-order valence-corrected chi connectivity index (χ4v) is 2.36. The summed E-state index contributed by atoms with van der Waals surface area (Å²) >= 11 is 3.40. The Labute approximate surface area is 142 Å². The van der Waals surface area contributed by atoms with Gasteiger partial charge in [0.2, 0.25) is 5.91 Å². The summed E-state index contributed by atoms with van der Waals surface area (Å²) in [6.07, 6.45) is 0. The van der Waals surface area contributed by atoms with Crippen LogP contribution in [0.15, 0.2) is 40.9 Å². The minimum absolute atomic E-state index is 0.0249. The number of rotatable bonds is 5. The van der Waals surface area contributed by atoms with Crippen LogP contribution in [0.3, 0.4) is 0 Å². The number of halogens is 1. The van der Waals surface area contributed by atoms with E-state index in [1.54, 1.807) is 25.1 Å². The summed E-state index contributed by atoms with van der Waals surface area (Å²) in [7, 11) is 0. The molecule has 0 fully saturated rings. The maximum absolute atomic E-state index is 12.0. The van der Waals surface area contributed by atoms with Crippen molar-refractivity contribution in [3.8, 4) is 0 Å². The number of nitrogens with zero attached hydrogens (tertiary/aromatic N) is 1. The van der Waals surface area contributed by atoms with Gasteiger partial charge in [-0.2, -0.15) is 0 Å². The second-order valence-corrected chi connectivity index (χ2v) is 5.93. The highest BCUT2D eigenvalue weighted by Crippen LogP contribution is 2.25. The normalized spacial score (nSPS) is 10.2. The number of nitro groups is 1. The van der Waals surface area contributed by atoms with Crippen molar-refractivity contribution in [2.24, 2.45) is 0 Å². The predicted molar refractivity (Wildman–Crippen MR) is 93.8 cm³/mol. The van der Waals surface area contributed by atoms with Gasteiger partial charge in [-0.05, 0) is 43.7 Å². The van der Waals surface area contributed by atoms with Gasteiger partial charge >= 0.3 is 0 Å². The first-order valence-corrected chi connectivity index (χ1v) is 7.71. The lowest BCUT2D eigenvalue weighted by Crippen LogP contribution is -2.22. The van der Waals surface area contributed by atoms with Crippen LogP contribution in [0, 0.1) is 24.0 Å². The maximum Gasteiger partial charge on any atom is 0.274 e. The van der Waals surface area contributed by atoms with E-state index in [9.17, 15) is 14.9 Å². The van der Waals surface area contributed by atoms with Crippen molar-refractivity contribution in [1.82, 2.24) is 0 Å². The van der Waals surface area contributed by atoms with Crippen molar-refractivity contribution in [1.29, 1.82) is 0 Å². The van der Waals surface area contributed by atoms with E-state index in [1.165, 1.54) is 6.07 Å². The third-order valence-electron chi connectivity index (χ3n) is 3.38. The quantitative estimate of drug-likeness (QED) is 0.608. The molecule has 0 aliphatic rings. The number of hydrogen-bond donors (Lipinski definition) is 2. The first-order valence-electron chi connectivity index (χ1n) is 6.92. The van der Waals surface area contributed by atoms with Crippen LogP contribution in [0.5, 0.6) is 0 Å². The Kier molecular flexibility index (Phi) is 5.33. The molecule has 2 aromatic rings. The monoisotopic (exact) mass is 377 g/mol. The number of nitrogens with one attached hydrogen (secondary N) is 2. The smallest absolute Gasteiger partial charge is 0.274 e. The van der Waals surface area contributed by atoms with Gasteiger partial charge in [0.1, 0.15) is 0 Å². The molecule has 0 atom stereocenters. The number of carbonyl (C=O) groups excluding carboxylic acids is 1. The molecule has 2 aromatic carbocycles. The number of aryl methyl sites for hydroxylation is 1. The molecule has 0 unspecified atom stereocenters. The van der Waals surface area contributed by atoms with Gasteiger partial charge in [-0.25, -0.2) is 0 Å². The Morgan fingerprint density at radius 1 is 1.26 bits per heavy atom. The zero-order valence-electron chi connectivity index (χ0n) is 12.7. The van der Waals surface area contributed by atoms with Crippen molar-refractivity contribution in [2.75, 3.05) is 17.2 Å². The highest BCUT2D eigenvalue weighted by atomic mass is 79.9. The summed E-state index contributed by atoms with van der Waals surface area (Å²) < 4.78 is 0.973. The molecular formula is C16H16BrN3O3. The Balaban J connectivity index is 2.00. The molecule has 6 nitrogen and oxygen atoms in total. The Morgan fingerprint density at radius 2 is 2.00 bits per heavy atom. The lowest BCUT2D eigenvalue weighted by molar-refractivity contribution is -0.385. The average molecular weight is 378 g/mol. The molecule has 2 rings (SSSR count). The van der Waals surface area contributed by atoms with Crippen molar-refractivity contribution < 1.29 is 9.72 Å². The molecule has 0 bridgehead atoms. The predicted octanol–water partition coefficient (Wildman–Crippen LogP) is 4.02. The van der Waals surface area contributed by atoms with Crippen LogP contribution in [-0.4, -0.2) is 17.4 Å². The highest BCUT2D eigenvalue weighted by Gasteiger charge is 2.13. The number of benzene rings is 2. The largest absolute Gasteiger partial charge is 0.376 e. The molecule has 120 valence electrons. The first kappa shape index (κ1) is 17.0. The number of amides is 1. The van der Waals surface area contributed by atoms with Gasteiger partial charge in [0, 0.05) is 27.5 Å². The number of anilines is 2. The van der Waals surface area contributed by atoms with Crippen LogP contribution in [0.4, 0.5) is 17.1 Å². The van der Waals surface area contributed by atoms with Crippen molar-refractivity contribution in [3.63, 3.8) is 0 Å². The van der Waals surface area contributed by atoms with Gasteiger partial charge in [0.15, 0.2) is 0 Å². The second kappa shape index (κ2) is 7.23. The molecule has 0 spiro atoms. The van der Waals surface area contributed by atoms with Crippen molar-refractivity contribution in [3.05, 3.63) is 62.1 Å². The molecule has 0 saturated heterocycles. The van der Waals surface area contributed by atoms with E-state index in [0.717, 1.165) is 10.0 Å². The molecule has 2 N–H and O–H groups in total. The molecule has 0 heterocycles. The topological polar surface area (TPSA) is 84.3 Å². The Bertz CT molecular complexity index is 762. The standard InChI is InChI=1S/C16H16BrN3O3/c1-10-8-12(6-7-13(10)17)19-16(21)9-18-14-4-3-5-15(11(14)2)20(22)23/h3-8,18H,9H2,1-2H3,(H,19,21). The first-order chi connectivity index (χ1) is 10.9. The van der Waals surface area contributed by atoms with E-state index < -0.39 is 4.92 Å². The van der Waals surface area contributed by atoms with Crippen molar-refractivity contribution in [2.45, 2.75) is 13.8 Å². The van der Waals surface area contributed by atoms with E-state index in [2.05, 4.69) is 26.6 Å². The van der Waals surface area contributed by atoms with Gasteiger partial charge in [-0.3, -0.25) is 14.9 Å². The minimum Gasteiger partial charge on any atom is -0.376 e. The summed E-state index contributed by atoms with van der Waals surface area (Å²) in [6, 6.07) is 10.3.